The second kappa shape index (κ2) is 5.01. The van der Waals surface area contributed by atoms with Gasteiger partial charge in [0.25, 0.3) is 5.69 Å². The molecular weight excluding hydrogens is 214 g/mol. The Bertz CT molecular complexity index is 423. The molecule has 0 bridgehead atoms. The van der Waals surface area contributed by atoms with Gasteiger partial charge in [-0.05, 0) is 17.7 Å². The fourth-order valence-corrected chi connectivity index (χ4v) is 0.943. The van der Waals surface area contributed by atoms with E-state index >= 15 is 0 Å². The zero-order valence-corrected chi connectivity index (χ0v) is 8.21. The van der Waals surface area contributed by atoms with Crippen LogP contribution in [0.5, 0.6) is 0 Å². The third-order valence-electron chi connectivity index (χ3n) is 1.74. The number of non-ortho nitro benzene ring substituents is 1. The van der Waals surface area contributed by atoms with E-state index in [2.05, 4.69) is 11.7 Å². The molecule has 0 N–H and O–H groups in total. The minimum absolute atomic E-state index is 0.0525. The third-order valence-corrected chi connectivity index (χ3v) is 1.74. The number of carbonyl (C=O) groups excluding carboxylic acids is 2. The Morgan fingerprint density at radius 2 is 1.88 bits per heavy atom. The van der Waals surface area contributed by atoms with Crippen LogP contribution in [-0.2, 0) is 20.9 Å². The zero-order valence-electron chi connectivity index (χ0n) is 8.21. The molecule has 0 amide bonds. The number of hydrogen-bond acceptors (Lipinski definition) is 5. The summed E-state index contributed by atoms with van der Waals surface area (Å²) in [5.41, 5.74) is 0.503. The van der Waals surface area contributed by atoms with Crippen molar-refractivity contribution in [2.24, 2.45) is 0 Å². The average Bonchev–Trinajstić information content (AvgIpc) is 2.26. The SMILES string of the molecule is [CH2]C(=O)C(=O)OCc1ccc([N+](=O)[O-])cc1. The molecule has 1 aromatic carbocycles. The van der Waals surface area contributed by atoms with Gasteiger partial charge in [-0.15, -0.1) is 0 Å². The van der Waals surface area contributed by atoms with Crippen LogP contribution in [0.2, 0.25) is 0 Å². The molecule has 0 saturated heterocycles. The fourth-order valence-electron chi connectivity index (χ4n) is 0.943. The van der Waals surface area contributed by atoms with E-state index in [1.165, 1.54) is 24.3 Å². The van der Waals surface area contributed by atoms with E-state index in [0.29, 0.717) is 5.56 Å². The number of nitro benzene ring substituents is 1. The molecule has 0 spiro atoms. The highest BCUT2D eigenvalue weighted by Gasteiger charge is 2.09. The number of benzene rings is 1. The first-order valence-electron chi connectivity index (χ1n) is 4.27. The quantitative estimate of drug-likeness (QED) is 0.329. The van der Waals surface area contributed by atoms with Crippen molar-refractivity contribution in [2.75, 3.05) is 0 Å². The summed E-state index contributed by atoms with van der Waals surface area (Å²) in [7, 11) is 0. The molecule has 0 atom stereocenters. The van der Waals surface area contributed by atoms with Crippen molar-refractivity contribution in [1.82, 2.24) is 0 Å². The second-order valence-electron chi connectivity index (χ2n) is 2.92. The lowest BCUT2D eigenvalue weighted by atomic mass is 10.2. The number of rotatable bonds is 4. The molecule has 6 nitrogen and oxygen atoms in total. The molecule has 0 saturated carbocycles. The second-order valence-corrected chi connectivity index (χ2v) is 2.92. The van der Waals surface area contributed by atoms with Gasteiger partial charge in [-0.3, -0.25) is 14.9 Å². The summed E-state index contributed by atoms with van der Waals surface area (Å²) in [6, 6.07) is 5.46. The van der Waals surface area contributed by atoms with Gasteiger partial charge >= 0.3 is 5.97 Å². The molecule has 1 rings (SSSR count). The Balaban J connectivity index is 2.59. The summed E-state index contributed by atoms with van der Waals surface area (Å²) in [5.74, 6) is -1.96. The Labute approximate surface area is 91.0 Å². The highest BCUT2D eigenvalue weighted by molar-refractivity contribution is 6.35. The first-order valence-corrected chi connectivity index (χ1v) is 4.27. The molecule has 83 valence electrons. The number of nitro groups is 1. The molecule has 0 aliphatic heterocycles. The highest BCUT2D eigenvalue weighted by atomic mass is 16.6. The lowest BCUT2D eigenvalue weighted by Crippen LogP contribution is -2.13. The minimum atomic E-state index is -1.03. The zero-order chi connectivity index (χ0) is 12.1. The number of esters is 1. The van der Waals surface area contributed by atoms with E-state index in [-0.39, 0.29) is 12.3 Å². The van der Waals surface area contributed by atoms with Crippen LogP contribution in [0.1, 0.15) is 5.56 Å². The van der Waals surface area contributed by atoms with Crippen molar-refractivity contribution in [3.63, 3.8) is 0 Å². The summed E-state index contributed by atoms with van der Waals surface area (Å²) in [6.07, 6.45) is 0. The van der Waals surface area contributed by atoms with E-state index < -0.39 is 16.7 Å². The van der Waals surface area contributed by atoms with Gasteiger partial charge in [0.2, 0.25) is 5.78 Å². The van der Waals surface area contributed by atoms with Gasteiger partial charge in [0, 0.05) is 19.1 Å². The summed E-state index contributed by atoms with van der Waals surface area (Å²) >= 11 is 0. The largest absolute Gasteiger partial charge is 0.455 e. The molecule has 6 heteroatoms. The normalized spacial score (nSPS) is 9.56. The predicted molar refractivity (Wildman–Crippen MR) is 53.3 cm³/mol. The summed E-state index contributed by atoms with van der Waals surface area (Å²) in [6.45, 7) is 2.77. The number of ketones is 1. The van der Waals surface area contributed by atoms with Crippen molar-refractivity contribution in [3.8, 4) is 0 Å². The molecule has 0 unspecified atom stereocenters. The molecule has 0 fully saturated rings. The first kappa shape index (κ1) is 11.8. The molecule has 1 aromatic rings. The van der Waals surface area contributed by atoms with E-state index in [4.69, 9.17) is 0 Å². The topological polar surface area (TPSA) is 86.5 Å². The van der Waals surface area contributed by atoms with Gasteiger partial charge in [0.1, 0.15) is 6.61 Å². The summed E-state index contributed by atoms with van der Waals surface area (Å²) < 4.78 is 4.57. The van der Waals surface area contributed by atoms with E-state index in [0.717, 1.165) is 0 Å². The maximum Gasteiger partial charge on any atom is 0.374 e. The Hall–Kier alpha value is -2.24. The molecule has 0 aromatic heterocycles. The van der Waals surface area contributed by atoms with Crippen molar-refractivity contribution < 1.29 is 19.2 Å². The average molecular weight is 222 g/mol. The van der Waals surface area contributed by atoms with Crippen LogP contribution in [0.3, 0.4) is 0 Å². The van der Waals surface area contributed by atoms with E-state index in [1.807, 2.05) is 0 Å². The Morgan fingerprint density at radius 3 is 2.31 bits per heavy atom. The van der Waals surface area contributed by atoms with Gasteiger partial charge in [0.05, 0.1) is 4.92 Å². The minimum Gasteiger partial charge on any atom is -0.455 e. The van der Waals surface area contributed by atoms with Crippen LogP contribution in [0.4, 0.5) is 5.69 Å². The maximum atomic E-state index is 10.7. The molecule has 1 radical (unpaired) electrons. The van der Waals surface area contributed by atoms with Gasteiger partial charge in [-0.2, -0.15) is 0 Å². The summed E-state index contributed by atoms with van der Waals surface area (Å²) in [4.78, 5) is 31.0. The fraction of sp³-hybridized carbons (Fsp3) is 0.100. The third kappa shape index (κ3) is 3.16. The molecule has 0 aliphatic rings. The first-order chi connectivity index (χ1) is 7.50. The highest BCUT2D eigenvalue weighted by Crippen LogP contribution is 2.12. The smallest absolute Gasteiger partial charge is 0.374 e. The van der Waals surface area contributed by atoms with Crippen LogP contribution < -0.4 is 0 Å². The van der Waals surface area contributed by atoms with Crippen molar-refractivity contribution >= 4 is 17.4 Å². The Morgan fingerprint density at radius 1 is 1.31 bits per heavy atom. The number of Topliss-reactive ketones (excluding diaryl/α,β-unsaturated/α-hetero) is 1. The number of ether oxygens (including phenoxy) is 1. The van der Waals surface area contributed by atoms with Crippen LogP contribution in [0.25, 0.3) is 0 Å². The molecule has 0 heterocycles. The lowest BCUT2D eigenvalue weighted by Gasteiger charge is -2.01. The monoisotopic (exact) mass is 222 g/mol. The molecule has 16 heavy (non-hydrogen) atoms. The van der Waals surface area contributed by atoms with E-state index in [1.54, 1.807) is 0 Å². The number of carbonyl (C=O) groups is 2. The lowest BCUT2D eigenvalue weighted by molar-refractivity contribution is -0.384. The van der Waals surface area contributed by atoms with Crippen LogP contribution in [0.15, 0.2) is 24.3 Å². The van der Waals surface area contributed by atoms with Crippen LogP contribution in [-0.4, -0.2) is 16.7 Å². The van der Waals surface area contributed by atoms with Crippen LogP contribution >= 0.6 is 0 Å². The van der Waals surface area contributed by atoms with Crippen molar-refractivity contribution in [2.45, 2.75) is 6.61 Å². The number of hydrogen-bond donors (Lipinski definition) is 0. The van der Waals surface area contributed by atoms with Gasteiger partial charge < -0.3 is 4.74 Å². The van der Waals surface area contributed by atoms with E-state index in [9.17, 15) is 19.7 Å². The van der Waals surface area contributed by atoms with Gasteiger partial charge in [-0.25, -0.2) is 4.79 Å². The van der Waals surface area contributed by atoms with Gasteiger partial charge in [-0.1, -0.05) is 0 Å². The standard InChI is InChI=1S/C10H8NO5/c1-7(12)10(13)16-6-8-2-4-9(5-3-8)11(14)15/h2-5H,1,6H2. The maximum absolute atomic E-state index is 10.7. The van der Waals surface area contributed by atoms with Crippen molar-refractivity contribution in [3.05, 3.63) is 46.9 Å². The summed E-state index contributed by atoms with van der Waals surface area (Å²) in [5, 5.41) is 10.3. The van der Waals surface area contributed by atoms with Crippen molar-refractivity contribution in [1.29, 1.82) is 0 Å². The molecule has 0 aliphatic carbocycles. The van der Waals surface area contributed by atoms with Crippen LogP contribution in [0, 0.1) is 17.0 Å². The number of nitrogens with zero attached hydrogens (tertiary/aromatic N) is 1. The molecular formula is C10H8NO5. The van der Waals surface area contributed by atoms with Gasteiger partial charge in [0.15, 0.2) is 0 Å². The Kier molecular flexibility index (Phi) is 3.71. The predicted octanol–water partition coefficient (Wildman–Crippen LogP) is 1.04.